The highest BCUT2D eigenvalue weighted by Crippen LogP contribution is 2.28. The lowest BCUT2D eigenvalue weighted by molar-refractivity contribution is -0.140. The molecule has 39 heavy (non-hydrogen) atoms. The molecule has 0 aliphatic heterocycles. The summed E-state index contributed by atoms with van der Waals surface area (Å²) >= 11 is 6.29. The second-order valence-electron chi connectivity index (χ2n) is 10.0. The van der Waals surface area contributed by atoms with Crippen LogP contribution in [-0.2, 0) is 32.6 Å². The van der Waals surface area contributed by atoms with Crippen molar-refractivity contribution in [2.24, 2.45) is 0 Å². The fourth-order valence-corrected chi connectivity index (χ4v) is 5.47. The molecule has 0 saturated heterocycles. The normalized spacial score (nSPS) is 12.2. The van der Waals surface area contributed by atoms with E-state index in [0.717, 1.165) is 27.3 Å². The molecular weight excluding hydrogens is 534 g/mol. The van der Waals surface area contributed by atoms with E-state index in [2.05, 4.69) is 5.32 Å². The van der Waals surface area contributed by atoms with Crippen molar-refractivity contribution in [2.45, 2.75) is 52.7 Å². The fourth-order valence-electron chi connectivity index (χ4n) is 4.40. The Balaban J connectivity index is 2.08. The summed E-state index contributed by atoms with van der Waals surface area (Å²) in [4.78, 5) is 29.1. The zero-order valence-electron chi connectivity index (χ0n) is 23.0. The second-order valence-corrected chi connectivity index (χ2v) is 12.3. The van der Waals surface area contributed by atoms with Crippen LogP contribution in [0.4, 0.5) is 5.69 Å². The van der Waals surface area contributed by atoms with Crippen LogP contribution in [0.5, 0.6) is 0 Å². The van der Waals surface area contributed by atoms with Crippen LogP contribution < -0.4 is 9.62 Å². The van der Waals surface area contributed by atoms with E-state index in [4.69, 9.17) is 11.6 Å². The van der Waals surface area contributed by atoms with E-state index in [1.54, 1.807) is 25.1 Å². The first-order chi connectivity index (χ1) is 18.4. The molecule has 0 bridgehead atoms. The average Bonchev–Trinajstić information content (AvgIpc) is 2.86. The van der Waals surface area contributed by atoms with Gasteiger partial charge in [-0.15, -0.1) is 0 Å². The van der Waals surface area contributed by atoms with E-state index in [0.29, 0.717) is 16.3 Å². The van der Waals surface area contributed by atoms with E-state index < -0.39 is 28.5 Å². The summed E-state index contributed by atoms with van der Waals surface area (Å²) in [6, 6.07) is 21.1. The van der Waals surface area contributed by atoms with Gasteiger partial charge in [-0.2, -0.15) is 0 Å². The molecule has 9 heteroatoms. The van der Waals surface area contributed by atoms with E-state index in [1.165, 1.54) is 4.90 Å². The van der Waals surface area contributed by atoms with Crippen molar-refractivity contribution in [3.05, 3.63) is 100 Å². The molecule has 0 radical (unpaired) electrons. The number of rotatable bonds is 11. The minimum atomic E-state index is -3.86. The van der Waals surface area contributed by atoms with E-state index in [9.17, 15) is 18.0 Å². The fraction of sp³-hybridized carbons (Fsp3) is 0.333. The molecule has 0 aliphatic rings. The number of benzene rings is 3. The zero-order valence-corrected chi connectivity index (χ0v) is 24.6. The van der Waals surface area contributed by atoms with Gasteiger partial charge < -0.3 is 10.2 Å². The van der Waals surface area contributed by atoms with Crippen LogP contribution in [0.25, 0.3) is 0 Å². The van der Waals surface area contributed by atoms with Crippen molar-refractivity contribution >= 4 is 39.1 Å². The number of aryl methyl sites for hydroxylation is 1. The van der Waals surface area contributed by atoms with Gasteiger partial charge >= 0.3 is 0 Å². The topological polar surface area (TPSA) is 86.8 Å². The quantitative estimate of drug-likeness (QED) is 0.356. The van der Waals surface area contributed by atoms with Crippen molar-refractivity contribution in [3.63, 3.8) is 0 Å². The van der Waals surface area contributed by atoms with Crippen molar-refractivity contribution in [2.75, 3.05) is 17.1 Å². The molecule has 0 saturated carbocycles. The maximum atomic E-state index is 14.1. The number of hydrogen-bond acceptors (Lipinski definition) is 4. The Morgan fingerprint density at radius 2 is 1.56 bits per heavy atom. The molecule has 1 atom stereocenters. The number of carbonyl (C=O) groups is 2. The Labute approximate surface area is 236 Å². The van der Waals surface area contributed by atoms with Gasteiger partial charge in [0.15, 0.2) is 0 Å². The monoisotopic (exact) mass is 569 g/mol. The lowest BCUT2D eigenvalue weighted by Crippen LogP contribution is -2.54. The highest BCUT2D eigenvalue weighted by atomic mass is 35.5. The molecule has 0 heterocycles. The third-order valence-corrected chi connectivity index (χ3v) is 7.86. The lowest BCUT2D eigenvalue weighted by Gasteiger charge is -2.34. The summed E-state index contributed by atoms with van der Waals surface area (Å²) in [5.74, 6) is -0.805. The minimum Gasteiger partial charge on any atom is -0.352 e. The summed E-state index contributed by atoms with van der Waals surface area (Å²) in [6.07, 6.45) is 1.32. The molecule has 7 nitrogen and oxygen atoms in total. The van der Waals surface area contributed by atoms with Crippen LogP contribution in [0.3, 0.4) is 0 Å². The first kappa shape index (κ1) is 30.2. The number of hydrogen-bond donors (Lipinski definition) is 1. The van der Waals surface area contributed by atoms with E-state index in [-0.39, 0.29) is 24.9 Å². The predicted octanol–water partition coefficient (Wildman–Crippen LogP) is 4.89. The number of carbonyl (C=O) groups excluding carboxylic acids is 2. The largest absolute Gasteiger partial charge is 0.352 e. The summed E-state index contributed by atoms with van der Waals surface area (Å²) in [5, 5.41) is 3.34. The molecule has 3 aromatic rings. The molecule has 0 spiro atoms. The molecule has 0 aliphatic carbocycles. The maximum absolute atomic E-state index is 14.1. The zero-order chi connectivity index (χ0) is 28.7. The van der Waals surface area contributed by atoms with Crippen molar-refractivity contribution in [3.8, 4) is 0 Å². The first-order valence-corrected chi connectivity index (χ1v) is 15.0. The summed E-state index contributed by atoms with van der Waals surface area (Å²) in [7, 11) is -3.86. The Bertz CT molecular complexity index is 1410. The standard InChI is InChI=1S/C30H36ClN3O4S/c1-21(2)32-30(36)28(18-24-12-7-6-8-13-24)33(19-25-14-9-11-22(3)17-25)29(35)20-34(39(5,37)38)27-16-10-15-26(31)23(27)4/h6-17,21,28H,18-20H2,1-5H3,(H,32,36)/t28-/m0/s1. The highest BCUT2D eigenvalue weighted by Gasteiger charge is 2.33. The minimum absolute atomic E-state index is 0.135. The van der Waals surface area contributed by atoms with E-state index in [1.807, 2.05) is 75.4 Å². The van der Waals surface area contributed by atoms with Gasteiger partial charge in [-0.1, -0.05) is 77.8 Å². The second kappa shape index (κ2) is 13.1. The number of nitrogens with one attached hydrogen (secondary N) is 1. The Hall–Kier alpha value is -3.36. The van der Waals surface area contributed by atoms with Gasteiger partial charge in [0, 0.05) is 24.0 Å². The van der Waals surface area contributed by atoms with Gasteiger partial charge in [0.25, 0.3) is 0 Å². The van der Waals surface area contributed by atoms with Crippen LogP contribution in [0, 0.1) is 13.8 Å². The molecule has 3 aromatic carbocycles. The lowest BCUT2D eigenvalue weighted by atomic mass is 10.0. The van der Waals surface area contributed by atoms with Crippen LogP contribution in [0.15, 0.2) is 72.8 Å². The van der Waals surface area contributed by atoms with Crippen molar-refractivity contribution in [1.82, 2.24) is 10.2 Å². The highest BCUT2D eigenvalue weighted by molar-refractivity contribution is 7.92. The Morgan fingerprint density at radius 1 is 0.923 bits per heavy atom. The Morgan fingerprint density at radius 3 is 2.18 bits per heavy atom. The molecule has 0 unspecified atom stereocenters. The average molecular weight is 570 g/mol. The predicted molar refractivity (Wildman–Crippen MR) is 157 cm³/mol. The van der Waals surface area contributed by atoms with Gasteiger partial charge in [0.1, 0.15) is 12.6 Å². The van der Waals surface area contributed by atoms with Crippen LogP contribution in [0.1, 0.15) is 36.1 Å². The van der Waals surface area contributed by atoms with Gasteiger partial charge in [-0.05, 0) is 56.5 Å². The molecule has 208 valence electrons. The first-order valence-electron chi connectivity index (χ1n) is 12.8. The number of halogens is 1. The van der Waals surface area contributed by atoms with Gasteiger partial charge in [0.2, 0.25) is 21.8 Å². The van der Waals surface area contributed by atoms with Crippen LogP contribution in [-0.4, -0.2) is 50.0 Å². The molecule has 0 aromatic heterocycles. The molecule has 1 N–H and O–H groups in total. The number of nitrogens with zero attached hydrogens (tertiary/aromatic N) is 2. The Kier molecular flexibility index (Phi) is 10.2. The number of anilines is 1. The smallest absolute Gasteiger partial charge is 0.244 e. The molecule has 0 fully saturated rings. The SMILES string of the molecule is Cc1cccc(CN(C(=O)CN(c2cccc(Cl)c2C)S(C)(=O)=O)[C@@H](Cc2ccccc2)C(=O)NC(C)C)c1. The molecule has 3 rings (SSSR count). The molecule has 2 amide bonds. The van der Waals surface area contributed by atoms with Gasteiger partial charge in [-0.3, -0.25) is 13.9 Å². The van der Waals surface area contributed by atoms with Gasteiger partial charge in [-0.25, -0.2) is 8.42 Å². The van der Waals surface area contributed by atoms with Crippen molar-refractivity contribution < 1.29 is 18.0 Å². The summed E-state index contributed by atoms with van der Waals surface area (Å²) < 4.78 is 26.9. The molecular formula is C30H36ClN3O4S. The summed E-state index contributed by atoms with van der Waals surface area (Å²) in [6.45, 7) is 7.03. The third-order valence-electron chi connectivity index (χ3n) is 6.32. The number of amides is 2. The number of sulfonamides is 1. The van der Waals surface area contributed by atoms with Gasteiger partial charge in [0.05, 0.1) is 11.9 Å². The van der Waals surface area contributed by atoms with E-state index >= 15 is 0 Å². The van der Waals surface area contributed by atoms with Crippen molar-refractivity contribution in [1.29, 1.82) is 0 Å². The van der Waals surface area contributed by atoms with Crippen LogP contribution >= 0.6 is 11.6 Å². The maximum Gasteiger partial charge on any atom is 0.244 e. The summed E-state index contributed by atoms with van der Waals surface area (Å²) in [5.41, 5.74) is 3.59. The third kappa shape index (κ3) is 8.31. The van der Waals surface area contributed by atoms with Crippen LogP contribution in [0.2, 0.25) is 5.02 Å².